The van der Waals surface area contributed by atoms with Gasteiger partial charge >= 0.3 is 0 Å². The fraction of sp³-hybridized carbons (Fsp3) is 0.500. The van der Waals surface area contributed by atoms with E-state index in [1.807, 2.05) is 13.8 Å². The van der Waals surface area contributed by atoms with Crippen molar-refractivity contribution >= 4 is 5.69 Å². The normalized spacial score (nSPS) is 14.3. The molecule has 90 valence electrons. The lowest BCUT2D eigenvalue weighted by Gasteiger charge is -2.29. The largest absolute Gasteiger partial charge is 0.497 e. The maximum atomic E-state index is 13.6. The zero-order valence-electron chi connectivity index (χ0n) is 10.0. The van der Waals surface area contributed by atoms with Crippen LogP contribution in [0, 0.1) is 5.82 Å². The van der Waals surface area contributed by atoms with Gasteiger partial charge in [-0.05, 0) is 25.5 Å². The summed E-state index contributed by atoms with van der Waals surface area (Å²) in [5.41, 5.74) is 5.80. The van der Waals surface area contributed by atoms with Crippen molar-refractivity contribution in [2.45, 2.75) is 25.8 Å². The maximum absolute atomic E-state index is 13.6. The Balaban J connectivity index is 2.95. The number of rotatable bonds is 5. The summed E-state index contributed by atoms with van der Waals surface area (Å²) >= 11 is 0. The molecule has 0 aromatic heterocycles. The third-order valence-electron chi connectivity index (χ3n) is 2.84. The second kappa shape index (κ2) is 5.16. The molecule has 16 heavy (non-hydrogen) atoms. The fourth-order valence-corrected chi connectivity index (χ4v) is 1.34. The Hall–Kier alpha value is -1.29. The van der Waals surface area contributed by atoms with Gasteiger partial charge in [-0.15, -0.1) is 0 Å². The Morgan fingerprint density at radius 3 is 2.69 bits per heavy atom. The van der Waals surface area contributed by atoms with Crippen LogP contribution in [-0.4, -0.2) is 19.2 Å². The van der Waals surface area contributed by atoms with Crippen LogP contribution in [0.1, 0.15) is 20.3 Å². The van der Waals surface area contributed by atoms with Crippen LogP contribution < -0.4 is 15.8 Å². The average molecular weight is 226 g/mol. The molecule has 0 saturated carbocycles. The van der Waals surface area contributed by atoms with Gasteiger partial charge in [0.05, 0.1) is 12.8 Å². The zero-order chi connectivity index (χ0) is 12.2. The van der Waals surface area contributed by atoms with Crippen LogP contribution in [0.5, 0.6) is 5.75 Å². The molecule has 1 aromatic rings. The summed E-state index contributed by atoms with van der Waals surface area (Å²) in [6, 6.07) is 4.61. The monoisotopic (exact) mass is 226 g/mol. The van der Waals surface area contributed by atoms with Gasteiger partial charge in [-0.3, -0.25) is 0 Å². The van der Waals surface area contributed by atoms with E-state index in [0.717, 1.165) is 6.42 Å². The SMILES string of the molecule is CCC(C)(CN)Nc1cc(OC)ccc1F. The van der Waals surface area contributed by atoms with E-state index in [2.05, 4.69) is 5.32 Å². The molecule has 0 aliphatic rings. The first-order valence-electron chi connectivity index (χ1n) is 5.36. The standard InChI is InChI=1S/C12H19FN2O/c1-4-12(2,8-14)15-11-7-9(16-3)5-6-10(11)13/h5-7,15H,4,8,14H2,1-3H3. The Labute approximate surface area is 95.8 Å². The predicted octanol–water partition coefficient (Wildman–Crippen LogP) is 2.37. The van der Waals surface area contributed by atoms with Gasteiger partial charge in [0.15, 0.2) is 0 Å². The number of methoxy groups -OCH3 is 1. The summed E-state index contributed by atoms with van der Waals surface area (Å²) in [7, 11) is 1.55. The van der Waals surface area contributed by atoms with Gasteiger partial charge in [-0.2, -0.15) is 0 Å². The highest BCUT2D eigenvalue weighted by Gasteiger charge is 2.21. The Morgan fingerprint density at radius 2 is 2.19 bits per heavy atom. The lowest BCUT2D eigenvalue weighted by atomic mass is 9.98. The van der Waals surface area contributed by atoms with E-state index in [0.29, 0.717) is 18.0 Å². The number of nitrogens with two attached hydrogens (primary N) is 1. The van der Waals surface area contributed by atoms with E-state index in [1.165, 1.54) is 6.07 Å². The van der Waals surface area contributed by atoms with Crippen molar-refractivity contribution in [3.05, 3.63) is 24.0 Å². The molecule has 0 aliphatic carbocycles. The number of ether oxygens (including phenoxy) is 1. The molecule has 0 bridgehead atoms. The first-order chi connectivity index (χ1) is 7.54. The first-order valence-corrected chi connectivity index (χ1v) is 5.36. The summed E-state index contributed by atoms with van der Waals surface area (Å²) in [4.78, 5) is 0. The number of benzene rings is 1. The molecule has 0 aliphatic heterocycles. The molecule has 4 heteroatoms. The minimum Gasteiger partial charge on any atom is -0.497 e. The van der Waals surface area contributed by atoms with Crippen LogP contribution in [0.2, 0.25) is 0 Å². The van der Waals surface area contributed by atoms with Gasteiger partial charge in [0.1, 0.15) is 11.6 Å². The van der Waals surface area contributed by atoms with E-state index in [4.69, 9.17) is 10.5 Å². The summed E-state index contributed by atoms with van der Waals surface area (Å²) in [5, 5.41) is 3.12. The third kappa shape index (κ3) is 2.85. The van der Waals surface area contributed by atoms with Gasteiger partial charge in [-0.25, -0.2) is 4.39 Å². The van der Waals surface area contributed by atoms with Crippen molar-refractivity contribution in [3.63, 3.8) is 0 Å². The predicted molar refractivity (Wildman–Crippen MR) is 64.3 cm³/mol. The Kier molecular flexibility index (Phi) is 4.12. The summed E-state index contributed by atoms with van der Waals surface area (Å²) in [5.74, 6) is 0.327. The molecule has 0 radical (unpaired) electrons. The quantitative estimate of drug-likeness (QED) is 0.810. The van der Waals surface area contributed by atoms with E-state index < -0.39 is 0 Å². The average Bonchev–Trinajstić information content (AvgIpc) is 2.32. The second-order valence-electron chi connectivity index (χ2n) is 4.09. The number of nitrogens with one attached hydrogen (secondary N) is 1. The Morgan fingerprint density at radius 1 is 1.50 bits per heavy atom. The molecule has 1 rings (SSSR count). The van der Waals surface area contributed by atoms with E-state index in [-0.39, 0.29) is 11.4 Å². The van der Waals surface area contributed by atoms with Crippen molar-refractivity contribution in [2.75, 3.05) is 19.0 Å². The minimum atomic E-state index is -0.298. The molecule has 1 unspecified atom stereocenters. The van der Waals surface area contributed by atoms with Crippen LogP contribution >= 0.6 is 0 Å². The van der Waals surface area contributed by atoms with Crippen LogP contribution in [-0.2, 0) is 0 Å². The second-order valence-corrected chi connectivity index (χ2v) is 4.09. The number of hydrogen-bond acceptors (Lipinski definition) is 3. The minimum absolute atomic E-state index is 0.297. The lowest BCUT2D eigenvalue weighted by molar-refractivity contribution is 0.413. The molecule has 0 spiro atoms. The number of halogens is 1. The molecule has 3 nitrogen and oxygen atoms in total. The van der Waals surface area contributed by atoms with Crippen LogP contribution in [0.3, 0.4) is 0 Å². The Bertz CT molecular complexity index is 351. The molecule has 3 N–H and O–H groups in total. The van der Waals surface area contributed by atoms with Crippen molar-refractivity contribution in [1.82, 2.24) is 0 Å². The fourth-order valence-electron chi connectivity index (χ4n) is 1.34. The van der Waals surface area contributed by atoms with Crippen LogP contribution in [0.4, 0.5) is 10.1 Å². The van der Waals surface area contributed by atoms with E-state index in [9.17, 15) is 4.39 Å². The smallest absolute Gasteiger partial charge is 0.146 e. The number of anilines is 1. The molecular weight excluding hydrogens is 207 g/mol. The van der Waals surface area contributed by atoms with Crippen molar-refractivity contribution in [3.8, 4) is 5.75 Å². The summed E-state index contributed by atoms with van der Waals surface area (Å²) < 4.78 is 18.6. The first kappa shape index (κ1) is 12.8. The lowest BCUT2D eigenvalue weighted by Crippen LogP contribution is -2.42. The highest BCUT2D eigenvalue weighted by molar-refractivity contribution is 5.51. The summed E-state index contributed by atoms with van der Waals surface area (Å²) in [6.45, 7) is 4.42. The molecule has 0 amide bonds. The van der Waals surface area contributed by atoms with Gasteiger partial charge in [0.25, 0.3) is 0 Å². The maximum Gasteiger partial charge on any atom is 0.146 e. The van der Waals surface area contributed by atoms with Crippen LogP contribution in [0.25, 0.3) is 0 Å². The molecule has 1 aromatic carbocycles. The van der Waals surface area contributed by atoms with Crippen molar-refractivity contribution in [2.24, 2.45) is 5.73 Å². The van der Waals surface area contributed by atoms with Crippen molar-refractivity contribution < 1.29 is 9.13 Å². The summed E-state index contributed by atoms with van der Waals surface area (Å²) in [6.07, 6.45) is 0.820. The number of hydrogen-bond donors (Lipinski definition) is 2. The highest BCUT2D eigenvalue weighted by atomic mass is 19.1. The highest BCUT2D eigenvalue weighted by Crippen LogP contribution is 2.25. The van der Waals surface area contributed by atoms with Gasteiger partial charge in [0, 0.05) is 18.2 Å². The van der Waals surface area contributed by atoms with Crippen molar-refractivity contribution in [1.29, 1.82) is 0 Å². The van der Waals surface area contributed by atoms with Gasteiger partial charge in [0.2, 0.25) is 0 Å². The van der Waals surface area contributed by atoms with Gasteiger partial charge in [-0.1, -0.05) is 6.92 Å². The van der Waals surface area contributed by atoms with E-state index in [1.54, 1.807) is 19.2 Å². The van der Waals surface area contributed by atoms with Crippen LogP contribution in [0.15, 0.2) is 18.2 Å². The molecule has 0 saturated heterocycles. The molecule has 0 fully saturated rings. The van der Waals surface area contributed by atoms with Gasteiger partial charge < -0.3 is 15.8 Å². The zero-order valence-corrected chi connectivity index (χ0v) is 10.0. The molecule has 0 heterocycles. The third-order valence-corrected chi connectivity index (χ3v) is 2.84. The topological polar surface area (TPSA) is 47.3 Å². The molecular formula is C12H19FN2O. The van der Waals surface area contributed by atoms with E-state index >= 15 is 0 Å². The molecule has 1 atom stereocenters.